The Hall–Kier alpha value is -6.71. The Balaban J connectivity index is 1.08. The zero-order chi connectivity index (χ0) is 33.0. The first kappa shape index (κ1) is 28.3. The molecule has 3 heteroatoms. The van der Waals surface area contributed by atoms with Crippen LogP contribution in [0.25, 0.3) is 76.5 Å². The first-order valence-corrected chi connectivity index (χ1v) is 16.9. The normalized spacial score (nSPS) is 11.6. The third-order valence-electron chi connectivity index (χ3n) is 9.89. The summed E-state index contributed by atoms with van der Waals surface area (Å²) in [5.41, 5.74) is 9.78. The van der Waals surface area contributed by atoms with E-state index in [9.17, 15) is 0 Å². The van der Waals surface area contributed by atoms with Gasteiger partial charge in [0.05, 0.1) is 0 Å². The first-order chi connectivity index (χ1) is 24.7. The molecule has 10 aromatic rings. The fourth-order valence-corrected chi connectivity index (χ4v) is 7.28. The lowest BCUT2D eigenvalue weighted by Crippen LogP contribution is -2.09. The van der Waals surface area contributed by atoms with Gasteiger partial charge < -0.3 is 9.32 Å². The van der Waals surface area contributed by atoms with Crippen LogP contribution >= 0.6 is 0 Å². The summed E-state index contributed by atoms with van der Waals surface area (Å²) in [6.07, 6.45) is 3.66. The van der Waals surface area contributed by atoms with Gasteiger partial charge in [-0.1, -0.05) is 103 Å². The number of pyridine rings is 1. The molecule has 0 amide bonds. The number of aromatic nitrogens is 1. The van der Waals surface area contributed by atoms with Crippen LogP contribution in [0.4, 0.5) is 17.1 Å². The Morgan fingerprint density at radius 3 is 1.50 bits per heavy atom. The van der Waals surface area contributed by atoms with Gasteiger partial charge in [-0.15, -0.1) is 0 Å². The Labute approximate surface area is 289 Å². The number of hydrogen-bond donors (Lipinski definition) is 0. The van der Waals surface area contributed by atoms with Gasteiger partial charge in [-0.2, -0.15) is 0 Å². The Morgan fingerprint density at radius 2 is 0.880 bits per heavy atom. The van der Waals surface area contributed by atoms with Gasteiger partial charge in [0.15, 0.2) is 0 Å². The molecule has 0 N–H and O–H groups in total. The summed E-state index contributed by atoms with van der Waals surface area (Å²) in [5.74, 6) is 0. The molecule has 8 aromatic carbocycles. The molecule has 0 saturated heterocycles. The van der Waals surface area contributed by atoms with Crippen molar-refractivity contribution in [3.05, 3.63) is 182 Å². The van der Waals surface area contributed by atoms with Gasteiger partial charge in [-0.05, 0) is 121 Å². The third-order valence-corrected chi connectivity index (χ3v) is 9.89. The van der Waals surface area contributed by atoms with E-state index in [0.29, 0.717) is 0 Å². The molecule has 0 fully saturated rings. The van der Waals surface area contributed by atoms with E-state index in [1.165, 1.54) is 43.8 Å². The van der Waals surface area contributed by atoms with Gasteiger partial charge >= 0.3 is 0 Å². The number of nitrogens with zero attached hydrogens (tertiary/aromatic N) is 2. The second kappa shape index (κ2) is 11.5. The fourth-order valence-electron chi connectivity index (χ4n) is 7.28. The van der Waals surface area contributed by atoms with Crippen LogP contribution in [0.5, 0.6) is 0 Å². The summed E-state index contributed by atoms with van der Waals surface area (Å²) in [6.45, 7) is 0. The lowest BCUT2D eigenvalue weighted by Gasteiger charge is -2.26. The standard InChI is InChI=1S/C47H30N2O/c1-3-7-35-25-37(11-9-31(35)5-1)33-13-18-41(19-14-33)49(42-20-15-34(16-21-42)38-12-10-32-6-2-4-8-36(32)26-38)43-22-17-39-29-47-44(28-40(39)27-43)45-30-48-24-23-46(45)50-47/h1-30H. The van der Waals surface area contributed by atoms with Crippen molar-refractivity contribution in [2.75, 3.05) is 4.90 Å². The van der Waals surface area contributed by atoms with Gasteiger partial charge in [0.2, 0.25) is 0 Å². The predicted octanol–water partition coefficient (Wildman–Crippen LogP) is 13.2. The molecule has 0 bridgehead atoms. The Bertz CT molecular complexity index is 2750. The van der Waals surface area contributed by atoms with E-state index >= 15 is 0 Å². The number of benzene rings is 8. The van der Waals surface area contributed by atoms with Crippen LogP contribution in [-0.2, 0) is 0 Å². The number of rotatable bonds is 5. The van der Waals surface area contributed by atoms with Gasteiger partial charge in [-0.3, -0.25) is 4.98 Å². The predicted molar refractivity (Wildman–Crippen MR) is 210 cm³/mol. The molecule has 0 saturated carbocycles. The number of furan rings is 1. The van der Waals surface area contributed by atoms with Crippen molar-refractivity contribution < 1.29 is 4.42 Å². The molecule has 50 heavy (non-hydrogen) atoms. The Kier molecular flexibility index (Phi) is 6.49. The average Bonchev–Trinajstić information content (AvgIpc) is 3.54. The number of fused-ring (bicyclic) bond motifs is 6. The van der Waals surface area contributed by atoms with Gasteiger partial charge in [0, 0.05) is 40.2 Å². The molecule has 0 aliphatic rings. The van der Waals surface area contributed by atoms with E-state index in [0.717, 1.165) is 49.8 Å². The first-order valence-electron chi connectivity index (χ1n) is 16.9. The zero-order valence-corrected chi connectivity index (χ0v) is 27.1. The summed E-state index contributed by atoms with van der Waals surface area (Å²) < 4.78 is 6.17. The highest BCUT2D eigenvalue weighted by molar-refractivity contribution is 6.10. The zero-order valence-electron chi connectivity index (χ0n) is 27.1. The second-order valence-corrected chi connectivity index (χ2v) is 12.9. The Morgan fingerprint density at radius 1 is 0.360 bits per heavy atom. The summed E-state index contributed by atoms with van der Waals surface area (Å²) in [5, 5.41) is 9.36. The average molecular weight is 639 g/mol. The number of anilines is 3. The van der Waals surface area contributed by atoms with Crippen molar-refractivity contribution >= 4 is 71.3 Å². The molecular weight excluding hydrogens is 609 g/mol. The van der Waals surface area contributed by atoms with Crippen molar-refractivity contribution in [2.24, 2.45) is 0 Å². The highest BCUT2D eigenvalue weighted by Gasteiger charge is 2.16. The molecule has 2 heterocycles. The van der Waals surface area contributed by atoms with Gasteiger partial charge in [0.25, 0.3) is 0 Å². The summed E-state index contributed by atoms with van der Waals surface area (Å²) in [6, 6.07) is 61.2. The SMILES string of the molecule is c1ccc2cc(-c3ccc(N(c4ccc(-c5ccc6ccccc6c5)cc4)c4ccc5cc6oc7ccncc7c6cc5c4)cc3)ccc2c1. The van der Waals surface area contributed by atoms with Crippen LogP contribution in [0.1, 0.15) is 0 Å². The fraction of sp³-hybridized carbons (Fsp3) is 0. The van der Waals surface area contributed by atoms with Crippen molar-refractivity contribution in [2.45, 2.75) is 0 Å². The maximum atomic E-state index is 6.17. The van der Waals surface area contributed by atoms with Crippen molar-refractivity contribution in [3.8, 4) is 22.3 Å². The van der Waals surface area contributed by atoms with E-state index in [-0.39, 0.29) is 0 Å². The molecule has 3 nitrogen and oxygen atoms in total. The highest BCUT2D eigenvalue weighted by atomic mass is 16.3. The molecule has 0 unspecified atom stereocenters. The topological polar surface area (TPSA) is 29.3 Å². The largest absolute Gasteiger partial charge is 0.456 e. The lowest BCUT2D eigenvalue weighted by atomic mass is 10.00. The quantitative estimate of drug-likeness (QED) is 0.188. The van der Waals surface area contributed by atoms with Crippen LogP contribution in [0.3, 0.4) is 0 Å². The van der Waals surface area contributed by atoms with Crippen LogP contribution in [0.2, 0.25) is 0 Å². The maximum absolute atomic E-state index is 6.17. The van der Waals surface area contributed by atoms with E-state index in [1.807, 2.05) is 12.3 Å². The molecular formula is C47H30N2O. The van der Waals surface area contributed by atoms with Crippen LogP contribution < -0.4 is 4.90 Å². The van der Waals surface area contributed by atoms with E-state index in [1.54, 1.807) is 6.20 Å². The minimum absolute atomic E-state index is 0.852. The minimum Gasteiger partial charge on any atom is -0.456 e. The number of hydrogen-bond acceptors (Lipinski definition) is 3. The van der Waals surface area contributed by atoms with Crippen LogP contribution in [-0.4, -0.2) is 4.98 Å². The minimum atomic E-state index is 0.852. The molecule has 0 radical (unpaired) electrons. The van der Waals surface area contributed by atoms with Crippen LogP contribution in [0, 0.1) is 0 Å². The molecule has 234 valence electrons. The smallest absolute Gasteiger partial charge is 0.138 e. The maximum Gasteiger partial charge on any atom is 0.138 e. The lowest BCUT2D eigenvalue weighted by molar-refractivity contribution is 0.669. The summed E-state index contributed by atoms with van der Waals surface area (Å²) >= 11 is 0. The van der Waals surface area contributed by atoms with Gasteiger partial charge in [0.1, 0.15) is 11.2 Å². The summed E-state index contributed by atoms with van der Waals surface area (Å²) in [7, 11) is 0. The van der Waals surface area contributed by atoms with Crippen molar-refractivity contribution in [1.29, 1.82) is 0 Å². The summed E-state index contributed by atoms with van der Waals surface area (Å²) in [4.78, 5) is 6.70. The van der Waals surface area contributed by atoms with E-state index in [4.69, 9.17) is 4.42 Å². The van der Waals surface area contributed by atoms with E-state index in [2.05, 4.69) is 174 Å². The van der Waals surface area contributed by atoms with Crippen molar-refractivity contribution in [1.82, 2.24) is 4.98 Å². The monoisotopic (exact) mass is 638 g/mol. The van der Waals surface area contributed by atoms with Crippen molar-refractivity contribution in [3.63, 3.8) is 0 Å². The molecule has 0 aliphatic heterocycles. The third kappa shape index (κ3) is 4.87. The molecule has 0 atom stereocenters. The van der Waals surface area contributed by atoms with Gasteiger partial charge in [-0.25, -0.2) is 0 Å². The second-order valence-electron chi connectivity index (χ2n) is 12.9. The molecule has 2 aromatic heterocycles. The molecule has 0 aliphatic carbocycles. The molecule has 0 spiro atoms. The van der Waals surface area contributed by atoms with Crippen LogP contribution in [0.15, 0.2) is 187 Å². The highest BCUT2D eigenvalue weighted by Crippen LogP contribution is 2.40. The van der Waals surface area contributed by atoms with E-state index < -0.39 is 0 Å². The molecule has 10 rings (SSSR count).